The molecule has 0 unspecified atom stereocenters. The van der Waals surface area contributed by atoms with Crippen LogP contribution in [-0.2, 0) is 5.75 Å². The smallest absolute Gasteiger partial charge is 0.217 e. The largest absolute Gasteiger partial charge is 0.294 e. The van der Waals surface area contributed by atoms with E-state index in [2.05, 4.69) is 39.7 Å². The molecule has 4 nitrogen and oxygen atoms in total. The van der Waals surface area contributed by atoms with Crippen LogP contribution in [0.2, 0.25) is 0 Å². The number of benzene rings is 2. The van der Waals surface area contributed by atoms with E-state index in [1.807, 2.05) is 26.0 Å². The van der Waals surface area contributed by atoms with E-state index in [4.69, 9.17) is 0 Å². The summed E-state index contributed by atoms with van der Waals surface area (Å²) >= 11 is 3.32. The lowest BCUT2D eigenvalue weighted by atomic mass is 9.92. The molecule has 4 rings (SSSR count). The molecule has 0 N–H and O–H groups in total. The number of nitrogens with zero attached hydrogens (tertiary/aromatic N) is 3. The summed E-state index contributed by atoms with van der Waals surface area (Å²) in [5, 5.41) is 9.59. The van der Waals surface area contributed by atoms with Crippen molar-refractivity contribution in [2.45, 2.75) is 38.6 Å². The van der Waals surface area contributed by atoms with E-state index in [-0.39, 0.29) is 5.78 Å². The van der Waals surface area contributed by atoms with Gasteiger partial charge in [0.25, 0.3) is 0 Å². The SMILES string of the molecule is CC(=O)c1c(C)cc(C)c(CSc2nnc3sc4ccccc4n23)c1C. The number of fused-ring (bicyclic) bond motifs is 3. The van der Waals surface area contributed by atoms with E-state index in [0.29, 0.717) is 0 Å². The van der Waals surface area contributed by atoms with Gasteiger partial charge in [0.1, 0.15) is 0 Å². The molecule has 2 heterocycles. The van der Waals surface area contributed by atoms with Gasteiger partial charge in [-0.25, -0.2) is 0 Å². The third-order valence-electron chi connectivity index (χ3n) is 4.74. The summed E-state index contributed by atoms with van der Waals surface area (Å²) in [7, 11) is 0. The maximum atomic E-state index is 12.0. The molecule has 0 amide bonds. The maximum absolute atomic E-state index is 12.0. The Bertz CT molecular complexity index is 1160. The second kappa shape index (κ2) is 6.52. The van der Waals surface area contributed by atoms with Crippen LogP contribution < -0.4 is 0 Å². The molecule has 0 aliphatic heterocycles. The van der Waals surface area contributed by atoms with Gasteiger partial charge in [0.05, 0.1) is 10.2 Å². The zero-order chi connectivity index (χ0) is 18.4. The number of aryl methyl sites for hydroxylation is 2. The highest BCUT2D eigenvalue weighted by atomic mass is 32.2. The molecule has 132 valence electrons. The van der Waals surface area contributed by atoms with Gasteiger partial charge in [0.15, 0.2) is 10.9 Å². The van der Waals surface area contributed by atoms with Crippen molar-refractivity contribution >= 4 is 44.1 Å². The molecule has 4 aromatic rings. The monoisotopic (exact) mass is 381 g/mol. The Morgan fingerprint density at radius 2 is 1.92 bits per heavy atom. The Morgan fingerprint density at radius 3 is 2.69 bits per heavy atom. The Labute approximate surface area is 160 Å². The lowest BCUT2D eigenvalue weighted by molar-refractivity contribution is 0.101. The third kappa shape index (κ3) is 2.73. The van der Waals surface area contributed by atoms with Crippen molar-refractivity contribution in [3.63, 3.8) is 0 Å². The van der Waals surface area contributed by atoms with E-state index >= 15 is 0 Å². The number of rotatable bonds is 4. The molecule has 0 saturated carbocycles. The van der Waals surface area contributed by atoms with Crippen molar-refractivity contribution < 1.29 is 4.79 Å². The molecule has 0 fully saturated rings. The third-order valence-corrected chi connectivity index (χ3v) is 6.71. The average molecular weight is 382 g/mol. The topological polar surface area (TPSA) is 47.3 Å². The van der Waals surface area contributed by atoms with E-state index < -0.39 is 0 Å². The Balaban J connectivity index is 1.73. The number of Topliss-reactive ketones (excluding diaryl/α,β-unsaturated/α-hetero) is 1. The number of thiazole rings is 1. The van der Waals surface area contributed by atoms with E-state index in [0.717, 1.165) is 38.1 Å². The molecule has 2 aromatic carbocycles. The number of ketones is 1. The summed E-state index contributed by atoms with van der Waals surface area (Å²) in [4.78, 5) is 13.0. The lowest BCUT2D eigenvalue weighted by Crippen LogP contribution is -2.05. The molecule has 2 aromatic heterocycles. The first kappa shape index (κ1) is 17.2. The van der Waals surface area contributed by atoms with Gasteiger partial charge in [0.2, 0.25) is 4.96 Å². The highest BCUT2D eigenvalue weighted by Crippen LogP contribution is 2.33. The zero-order valence-electron chi connectivity index (χ0n) is 15.2. The molecule has 0 bridgehead atoms. The average Bonchev–Trinajstić information content (AvgIpc) is 3.13. The predicted octanol–water partition coefficient (Wildman–Crippen LogP) is 5.36. The molecule has 26 heavy (non-hydrogen) atoms. The molecule has 0 spiro atoms. The van der Waals surface area contributed by atoms with Crippen molar-refractivity contribution in [1.29, 1.82) is 0 Å². The first-order valence-electron chi connectivity index (χ1n) is 8.43. The van der Waals surface area contributed by atoms with Crippen molar-refractivity contribution in [1.82, 2.24) is 14.6 Å². The van der Waals surface area contributed by atoms with Gasteiger partial charge in [-0.1, -0.05) is 41.3 Å². The minimum Gasteiger partial charge on any atom is -0.294 e. The van der Waals surface area contributed by atoms with Crippen LogP contribution in [0.15, 0.2) is 35.5 Å². The van der Waals surface area contributed by atoms with Crippen LogP contribution in [0.5, 0.6) is 0 Å². The standard InChI is InChI=1S/C20H19N3OS2/c1-11-9-12(2)18(14(4)24)13(3)15(11)10-25-19-21-22-20-23(19)16-7-5-6-8-17(16)26-20/h5-9H,10H2,1-4H3. The van der Waals surface area contributed by atoms with Crippen molar-refractivity contribution in [3.05, 3.63) is 58.1 Å². The summed E-state index contributed by atoms with van der Waals surface area (Å²) in [5.74, 6) is 0.892. The van der Waals surface area contributed by atoms with Gasteiger partial charge in [0, 0.05) is 11.3 Å². The van der Waals surface area contributed by atoms with Crippen molar-refractivity contribution in [3.8, 4) is 0 Å². The molecular weight excluding hydrogens is 362 g/mol. The van der Waals surface area contributed by atoms with Gasteiger partial charge in [-0.05, 0) is 62.1 Å². The summed E-state index contributed by atoms with van der Waals surface area (Å²) in [5.41, 5.74) is 6.55. The molecule has 0 atom stereocenters. The van der Waals surface area contributed by atoms with Crippen LogP contribution in [0.3, 0.4) is 0 Å². The van der Waals surface area contributed by atoms with Gasteiger partial charge in [-0.3, -0.25) is 9.20 Å². The van der Waals surface area contributed by atoms with Crippen molar-refractivity contribution in [2.24, 2.45) is 0 Å². The number of para-hydroxylation sites is 1. The predicted molar refractivity (Wildman–Crippen MR) is 109 cm³/mol. The fourth-order valence-electron chi connectivity index (χ4n) is 3.58. The molecular formula is C20H19N3OS2. The van der Waals surface area contributed by atoms with E-state index in [1.54, 1.807) is 30.0 Å². The van der Waals surface area contributed by atoms with Gasteiger partial charge >= 0.3 is 0 Å². The van der Waals surface area contributed by atoms with Crippen LogP contribution in [0.25, 0.3) is 15.2 Å². The molecule has 0 aliphatic carbocycles. The second-order valence-electron chi connectivity index (χ2n) is 6.50. The molecule has 0 saturated heterocycles. The fourth-order valence-corrected chi connectivity index (χ4v) is 5.73. The number of aromatic nitrogens is 3. The summed E-state index contributed by atoms with van der Waals surface area (Å²) in [6.07, 6.45) is 0. The Morgan fingerprint density at radius 1 is 1.15 bits per heavy atom. The minimum absolute atomic E-state index is 0.125. The van der Waals surface area contributed by atoms with Crippen LogP contribution in [0.4, 0.5) is 0 Å². The van der Waals surface area contributed by atoms with Gasteiger partial charge in [-0.2, -0.15) is 0 Å². The van der Waals surface area contributed by atoms with Gasteiger partial charge in [-0.15, -0.1) is 10.2 Å². The summed E-state index contributed by atoms with van der Waals surface area (Å²) in [6.45, 7) is 7.81. The zero-order valence-corrected chi connectivity index (χ0v) is 16.8. The highest BCUT2D eigenvalue weighted by Gasteiger charge is 2.17. The van der Waals surface area contributed by atoms with E-state index in [1.165, 1.54) is 15.8 Å². The second-order valence-corrected chi connectivity index (χ2v) is 8.46. The Hall–Kier alpha value is -2.18. The van der Waals surface area contributed by atoms with Gasteiger partial charge < -0.3 is 0 Å². The highest BCUT2D eigenvalue weighted by molar-refractivity contribution is 7.98. The summed E-state index contributed by atoms with van der Waals surface area (Å²) < 4.78 is 3.33. The maximum Gasteiger partial charge on any atom is 0.217 e. The molecule has 0 aliphatic rings. The number of hydrogen-bond acceptors (Lipinski definition) is 5. The normalized spacial score (nSPS) is 11.5. The van der Waals surface area contributed by atoms with E-state index in [9.17, 15) is 4.79 Å². The number of carbonyl (C=O) groups excluding carboxylic acids is 1. The quantitative estimate of drug-likeness (QED) is 0.352. The Kier molecular flexibility index (Phi) is 4.32. The molecule has 0 radical (unpaired) electrons. The van der Waals surface area contributed by atoms with Crippen molar-refractivity contribution in [2.75, 3.05) is 0 Å². The minimum atomic E-state index is 0.125. The fraction of sp³-hybridized carbons (Fsp3) is 0.250. The lowest BCUT2D eigenvalue weighted by Gasteiger charge is -2.15. The first-order valence-corrected chi connectivity index (χ1v) is 10.2. The first-order chi connectivity index (χ1) is 12.5. The number of carbonyl (C=O) groups is 1. The summed E-state index contributed by atoms with van der Waals surface area (Å²) in [6, 6.07) is 10.4. The van der Waals surface area contributed by atoms with Crippen LogP contribution in [-0.4, -0.2) is 20.4 Å². The number of hydrogen-bond donors (Lipinski definition) is 0. The molecule has 6 heteroatoms. The van der Waals surface area contributed by atoms with Crippen LogP contribution in [0.1, 0.15) is 39.5 Å². The van der Waals surface area contributed by atoms with Crippen LogP contribution >= 0.6 is 23.1 Å². The van der Waals surface area contributed by atoms with Crippen LogP contribution in [0, 0.1) is 20.8 Å². The number of thioether (sulfide) groups is 1.